The molecule has 1 aromatic rings. The Morgan fingerprint density at radius 3 is 2.65 bits per heavy atom. The first-order valence-electron chi connectivity index (χ1n) is 5.22. The number of hydrogen-bond donors (Lipinski definition) is 3. The highest BCUT2D eigenvalue weighted by Crippen LogP contribution is 2.29. The van der Waals surface area contributed by atoms with Gasteiger partial charge in [-0.05, 0) is 24.6 Å². The smallest absolute Gasteiger partial charge is 0.0992 e. The first kappa shape index (κ1) is 14.0. The fraction of sp³-hybridized carbons (Fsp3) is 0.417. The zero-order valence-corrected chi connectivity index (χ0v) is 10.3. The molecule has 4 nitrogen and oxygen atoms in total. The summed E-state index contributed by atoms with van der Waals surface area (Å²) in [6.07, 6.45) is -1.43. The molecule has 0 saturated heterocycles. The number of nitriles is 1. The zero-order chi connectivity index (χ0) is 12.8. The Hall–Kier alpha value is -1.06. The van der Waals surface area contributed by atoms with E-state index in [1.54, 1.807) is 25.1 Å². The normalized spacial score (nSPS) is 14.1. The van der Waals surface area contributed by atoms with Gasteiger partial charge in [0.05, 0.1) is 30.4 Å². The van der Waals surface area contributed by atoms with Crippen LogP contribution in [0, 0.1) is 11.3 Å². The van der Waals surface area contributed by atoms with E-state index in [2.05, 4.69) is 0 Å². The van der Waals surface area contributed by atoms with E-state index in [1.165, 1.54) is 11.8 Å². The number of benzene rings is 1. The number of nitrogens with zero attached hydrogens (tertiary/aromatic N) is 1. The molecule has 0 aliphatic rings. The third-order valence-electron chi connectivity index (χ3n) is 2.23. The highest BCUT2D eigenvalue weighted by atomic mass is 32.2. The third-order valence-corrected chi connectivity index (χ3v) is 3.45. The first-order valence-corrected chi connectivity index (χ1v) is 6.21. The molecule has 0 aliphatic heterocycles. The molecule has 0 radical (unpaired) electrons. The van der Waals surface area contributed by atoms with Gasteiger partial charge in [0.2, 0.25) is 0 Å². The maximum atomic E-state index is 9.58. The lowest BCUT2D eigenvalue weighted by Gasteiger charge is -2.13. The Kier molecular flexibility index (Phi) is 5.45. The Morgan fingerprint density at radius 2 is 2.12 bits per heavy atom. The van der Waals surface area contributed by atoms with Gasteiger partial charge in [-0.1, -0.05) is 6.07 Å². The van der Waals surface area contributed by atoms with Crippen LogP contribution < -0.4 is 0 Å². The second-order valence-electron chi connectivity index (χ2n) is 3.69. The number of thioether (sulfide) groups is 1. The number of aliphatic hydroxyl groups is 3. The standard InChI is InChI=1S/C12H15NO3S/c1-8(15)11-3-2-9(5-13)4-12(11)17-7-10(16)6-14/h2-4,8,10,14-16H,6-7H2,1H3. The maximum Gasteiger partial charge on any atom is 0.0992 e. The van der Waals surface area contributed by atoms with Crippen LogP contribution in [0.15, 0.2) is 23.1 Å². The summed E-state index contributed by atoms with van der Waals surface area (Å²) in [7, 11) is 0. The minimum absolute atomic E-state index is 0.297. The number of aliphatic hydroxyl groups excluding tert-OH is 3. The molecule has 0 aromatic heterocycles. The Balaban J connectivity index is 2.90. The molecule has 1 aromatic carbocycles. The molecule has 1 rings (SSSR count). The van der Waals surface area contributed by atoms with Crippen LogP contribution in [0.2, 0.25) is 0 Å². The second kappa shape index (κ2) is 6.62. The average molecular weight is 253 g/mol. The van der Waals surface area contributed by atoms with E-state index in [9.17, 15) is 10.2 Å². The topological polar surface area (TPSA) is 84.5 Å². The monoisotopic (exact) mass is 253 g/mol. The molecule has 92 valence electrons. The molecule has 0 spiro atoms. The minimum atomic E-state index is -0.799. The van der Waals surface area contributed by atoms with Crippen molar-refractivity contribution in [2.24, 2.45) is 0 Å². The van der Waals surface area contributed by atoms with Gasteiger partial charge in [0.1, 0.15) is 0 Å². The number of hydrogen-bond acceptors (Lipinski definition) is 5. The lowest BCUT2D eigenvalue weighted by Crippen LogP contribution is -2.14. The van der Waals surface area contributed by atoms with Crippen LogP contribution in [-0.4, -0.2) is 33.8 Å². The Labute approximate surface area is 105 Å². The predicted octanol–water partition coefficient (Wildman–Crippen LogP) is 1.06. The van der Waals surface area contributed by atoms with Gasteiger partial charge < -0.3 is 15.3 Å². The van der Waals surface area contributed by atoms with Crippen molar-refractivity contribution >= 4 is 11.8 Å². The minimum Gasteiger partial charge on any atom is -0.394 e. The van der Waals surface area contributed by atoms with Crippen LogP contribution >= 0.6 is 11.8 Å². The van der Waals surface area contributed by atoms with Gasteiger partial charge in [0.25, 0.3) is 0 Å². The van der Waals surface area contributed by atoms with Crippen molar-refractivity contribution in [2.75, 3.05) is 12.4 Å². The summed E-state index contributed by atoms with van der Waals surface area (Å²) < 4.78 is 0. The fourth-order valence-electron chi connectivity index (χ4n) is 1.31. The molecule has 2 atom stereocenters. The molecular weight excluding hydrogens is 238 g/mol. The summed E-state index contributed by atoms with van der Waals surface area (Å²) in [5, 5.41) is 36.4. The highest BCUT2D eigenvalue weighted by Gasteiger charge is 2.11. The van der Waals surface area contributed by atoms with E-state index < -0.39 is 12.2 Å². The van der Waals surface area contributed by atoms with Crippen molar-refractivity contribution in [2.45, 2.75) is 24.0 Å². The molecule has 0 fully saturated rings. The van der Waals surface area contributed by atoms with Gasteiger partial charge in [-0.15, -0.1) is 11.8 Å². The molecule has 17 heavy (non-hydrogen) atoms. The average Bonchev–Trinajstić information content (AvgIpc) is 2.35. The molecule has 3 N–H and O–H groups in total. The number of rotatable bonds is 5. The largest absolute Gasteiger partial charge is 0.394 e. The second-order valence-corrected chi connectivity index (χ2v) is 4.75. The van der Waals surface area contributed by atoms with E-state index in [4.69, 9.17) is 10.4 Å². The van der Waals surface area contributed by atoms with Gasteiger partial charge in [0.15, 0.2) is 0 Å². The Morgan fingerprint density at radius 1 is 1.41 bits per heavy atom. The van der Waals surface area contributed by atoms with Crippen molar-refractivity contribution < 1.29 is 15.3 Å². The lowest BCUT2D eigenvalue weighted by atomic mass is 10.1. The van der Waals surface area contributed by atoms with Crippen molar-refractivity contribution in [3.8, 4) is 6.07 Å². The van der Waals surface area contributed by atoms with Crippen molar-refractivity contribution in [3.63, 3.8) is 0 Å². The molecule has 0 bridgehead atoms. The summed E-state index contributed by atoms with van der Waals surface area (Å²) in [4.78, 5) is 0.756. The quantitative estimate of drug-likeness (QED) is 0.683. The van der Waals surface area contributed by atoms with Crippen molar-refractivity contribution in [3.05, 3.63) is 29.3 Å². The Bertz CT molecular complexity index is 415. The van der Waals surface area contributed by atoms with Crippen molar-refractivity contribution in [1.29, 1.82) is 5.26 Å². The van der Waals surface area contributed by atoms with Gasteiger partial charge >= 0.3 is 0 Å². The summed E-state index contributed by atoms with van der Waals surface area (Å²) >= 11 is 1.32. The fourth-order valence-corrected chi connectivity index (χ4v) is 2.41. The van der Waals surface area contributed by atoms with E-state index >= 15 is 0 Å². The van der Waals surface area contributed by atoms with Crippen LogP contribution in [0.5, 0.6) is 0 Å². The van der Waals surface area contributed by atoms with Crippen LogP contribution in [0.4, 0.5) is 0 Å². The maximum absolute atomic E-state index is 9.58. The molecule has 0 amide bonds. The molecule has 5 heteroatoms. The summed E-state index contributed by atoms with van der Waals surface area (Å²) in [6, 6.07) is 7.06. The zero-order valence-electron chi connectivity index (χ0n) is 9.50. The molecule has 2 unspecified atom stereocenters. The van der Waals surface area contributed by atoms with Crippen LogP contribution in [0.1, 0.15) is 24.2 Å². The van der Waals surface area contributed by atoms with E-state index in [-0.39, 0.29) is 6.61 Å². The molecule has 0 aliphatic carbocycles. The summed E-state index contributed by atoms with van der Waals surface area (Å²) in [5.41, 5.74) is 1.23. The van der Waals surface area contributed by atoms with Crippen molar-refractivity contribution in [1.82, 2.24) is 0 Å². The predicted molar refractivity (Wildman–Crippen MR) is 65.6 cm³/mol. The van der Waals surface area contributed by atoms with Crippen LogP contribution in [-0.2, 0) is 0 Å². The van der Waals surface area contributed by atoms with Gasteiger partial charge in [-0.25, -0.2) is 0 Å². The first-order chi connectivity index (χ1) is 8.08. The third kappa shape index (κ3) is 4.02. The van der Waals surface area contributed by atoms with E-state index in [1.807, 2.05) is 6.07 Å². The van der Waals surface area contributed by atoms with Crippen LogP contribution in [0.3, 0.4) is 0 Å². The van der Waals surface area contributed by atoms with Crippen LogP contribution in [0.25, 0.3) is 0 Å². The van der Waals surface area contributed by atoms with Gasteiger partial charge in [0, 0.05) is 10.6 Å². The van der Waals surface area contributed by atoms with E-state index in [0.717, 1.165) is 10.5 Å². The highest BCUT2D eigenvalue weighted by molar-refractivity contribution is 7.99. The molecule has 0 heterocycles. The van der Waals surface area contributed by atoms with Gasteiger partial charge in [-0.3, -0.25) is 0 Å². The molecule has 0 saturated carbocycles. The summed E-state index contributed by atoms with van der Waals surface area (Å²) in [5.74, 6) is 0.325. The lowest BCUT2D eigenvalue weighted by molar-refractivity contribution is 0.113. The van der Waals surface area contributed by atoms with E-state index in [0.29, 0.717) is 11.3 Å². The SMILES string of the molecule is CC(O)c1ccc(C#N)cc1SCC(O)CO. The van der Waals surface area contributed by atoms with Gasteiger partial charge in [-0.2, -0.15) is 5.26 Å². The molecular formula is C12H15NO3S. The summed E-state index contributed by atoms with van der Waals surface area (Å²) in [6.45, 7) is 1.35.